The third kappa shape index (κ3) is 3.07. The van der Waals surface area contributed by atoms with Crippen molar-refractivity contribution in [2.45, 2.75) is 46.3 Å². The fraction of sp³-hybridized carbons (Fsp3) is 0.529. The first-order chi connectivity index (χ1) is 10.2. The maximum atomic E-state index is 5.95. The maximum absolute atomic E-state index is 5.95. The van der Waals surface area contributed by atoms with E-state index in [0.29, 0.717) is 6.04 Å². The van der Waals surface area contributed by atoms with E-state index < -0.39 is 0 Å². The second-order valence-corrected chi connectivity index (χ2v) is 6.77. The summed E-state index contributed by atoms with van der Waals surface area (Å²) < 4.78 is 5.95. The number of nitrogens with one attached hydrogen (secondary N) is 1. The lowest BCUT2D eigenvalue weighted by Gasteiger charge is -2.32. The van der Waals surface area contributed by atoms with Crippen molar-refractivity contribution in [3.05, 3.63) is 45.0 Å². The summed E-state index contributed by atoms with van der Waals surface area (Å²) in [6.45, 7) is 10.4. The van der Waals surface area contributed by atoms with Crippen LogP contribution in [-0.4, -0.2) is 18.0 Å². The number of nitrogens with zero attached hydrogens (tertiary/aromatic N) is 1. The lowest BCUT2D eigenvalue weighted by Crippen LogP contribution is -2.32. The van der Waals surface area contributed by atoms with Crippen LogP contribution in [0.15, 0.2) is 21.9 Å². The minimum Gasteiger partial charge on any atom is -0.465 e. The molecule has 1 N–H and O–H groups in total. The molecule has 21 heavy (non-hydrogen) atoms. The van der Waals surface area contributed by atoms with Crippen LogP contribution in [0.3, 0.4) is 0 Å². The molecule has 0 aromatic carbocycles. The molecular weight excluding hydrogens is 280 g/mol. The zero-order chi connectivity index (χ0) is 14.8. The molecule has 3 rings (SSSR count). The van der Waals surface area contributed by atoms with Crippen LogP contribution in [0.5, 0.6) is 0 Å². The molecule has 2 aromatic heterocycles. The van der Waals surface area contributed by atoms with Crippen molar-refractivity contribution in [3.8, 4) is 0 Å². The average molecular weight is 304 g/mol. The van der Waals surface area contributed by atoms with E-state index in [2.05, 4.69) is 48.5 Å². The third-order valence-electron chi connectivity index (χ3n) is 4.40. The Morgan fingerprint density at radius 3 is 3.14 bits per heavy atom. The van der Waals surface area contributed by atoms with Gasteiger partial charge in [0.15, 0.2) is 0 Å². The van der Waals surface area contributed by atoms with Crippen LogP contribution in [0.25, 0.3) is 0 Å². The predicted octanol–water partition coefficient (Wildman–Crippen LogP) is 3.88. The Labute approximate surface area is 131 Å². The van der Waals surface area contributed by atoms with Gasteiger partial charge in [0, 0.05) is 29.6 Å². The molecule has 1 aliphatic rings. The van der Waals surface area contributed by atoms with Gasteiger partial charge in [-0.2, -0.15) is 0 Å². The number of furan rings is 1. The molecule has 3 heterocycles. The minimum atomic E-state index is 0.489. The summed E-state index contributed by atoms with van der Waals surface area (Å²) in [5.41, 5.74) is 2.79. The summed E-state index contributed by atoms with van der Waals surface area (Å²) in [4.78, 5) is 4.08. The molecule has 1 atom stereocenters. The number of aryl methyl sites for hydroxylation is 1. The second kappa shape index (κ2) is 6.34. The molecular formula is C17H24N2OS. The van der Waals surface area contributed by atoms with E-state index in [-0.39, 0.29) is 0 Å². The van der Waals surface area contributed by atoms with Gasteiger partial charge in [0.1, 0.15) is 11.5 Å². The van der Waals surface area contributed by atoms with Crippen LogP contribution in [0.1, 0.15) is 47.4 Å². The largest absolute Gasteiger partial charge is 0.465 e. The number of thiophene rings is 1. The Morgan fingerprint density at radius 1 is 1.48 bits per heavy atom. The van der Waals surface area contributed by atoms with Gasteiger partial charge in [-0.25, -0.2) is 0 Å². The summed E-state index contributed by atoms with van der Waals surface area (Å²) in [5, 5.41) is 5.59. The SMILES string of the molecule is CCNCc1cc(CN2CCc3sccc3C2C)oc1C. The fourth-order valence-electron chi connectivity index (χ4n) is 3.08. The molecule has 114 valence electrons. The van der Waals surface area contributed by atoms with Crippen molar-refractivity contribution in [2.24, 2.45) is 0 Å². The van der Waals surface area contributed by atoms with Gasteiger partial charge >= 0.3 is 0 Å². The molecule has 0 radical (unpaired) electrons. The van der Waals surface area contributed by atoms with Gasteiger partial charge in [-0.3, -0.25) is 4.90 Å². The lowest BCUT2D eigenvalue weighted by molar-refractivity contribution is 0.176. The Hall–Kier alpha value is -1.10. The second-order valence-electron chi connectivity index (χ2n) is 5.77. The highest BCUT2D eigenvalue weighted by Gasteiger charge is 2.25. The van der Waals surface area contributed by atoms with Gasteiger partial charge in [0.2, 0.25) is 0 Å². The molecule has 0 saturated carbocycles. The molecule has 4 heteroatoms. The van der Waals surface area contributed by atoms with Crippen LogP contribution in [0, 0.1) is 6.92 Å². The van der Waals surface area contributed by atoms with Gasteiger partial charge < -0.3 is 9.73 Å². The van der Waals surface area contributed by atoms with Gasteiger partial charge in [-0.15, -0.1) is 11.3 Å². The summed E-state index contributed by atoms with van der Waals surface area (Å²) in [7, 11) is 0. The summed E-state index contributed by atoms with van der Waals surface area (Å²) in [6.07, 6.45) is 1.17. The third-order valence-corrected chi connectivity index (χ3v) is 5.40. The summed E-state index contributed by atoms with van der Waals surface area (Å²) >= 11 is 1.89. The van der Waals surface area contributed by atoms with E-state index in [1.54, 1.807) is 4.88 Å². The molecule has 0 spiro atoms. The average Bonchev–Trinajstić information content (AvgIpc) is 3.07. The highest BCUT2D eigenvalue weighted by atomic mass is 32.1. The van der Waals surface area contributed by atoms with Gasteiger partial charge in [0.25, 0.3) is 0 Å². The fourth-order valence-corrected chi connectivity index (χ4v) is 4.04. The maximum Gasteiger partial charge on any atom is 0.118 e. The molecule has 0 saturated heterocycles. The van der Waals surface area contributed by atoms with Crippen LogP contribution in [0.2, 0.25) is 0 Å². The first-order valence-corrected chi connectivity index (χ1v) is 8.66. The molecule has 0 bridgehead atoms. The van der Waals surface area contributed by atoms with Gasteiger partial charge in [-0.1, -0.05) is 6.92 Å². The quantitative estimate of drug-likeness (QED) is 0.908. The number of hydrogen-bond donors (Lipinski definition) is 1. The number of rotatable bonds is 5. The highest BCUT2D eigenvalue weighted by Crippen LogP contribution is 2.34. The van der Waals surface area contributed by atoms with Crippen LogP contribution in [-0.2, 0) is 19.5 Å². The molecule has 0 fully saturated rings. The molecule has 3 nitrogen and oxygen atoms in total. The van der Waals surface area contributed by atoms with Crippen molar-refractivity contribution in [1.29, 1.82) is 0 Å². The van der Waals surface area contributed by atoms with Crippen molar-refractivity contribution in [2.75, 3.05) is 13.1 Å². The lowest BCUT2D eigenvalue weighted by atomic mass is 10.0. The van der Waals surface area contributed by atoms with E-state index in [9.17, 15) is 0 Å². The Bertz CT molecular complexity index is 602. The van der Waals surface area contributed by atoms with Crippen LogP contribution in [0.4, 0.5) is 0 Å². The van der Waals surface area contributed by atoms with E-state index >= 15 is 0 Å². The molecule has 1 aliphatic heterocycles. The monoisotopic (exact) mass is 304 g/mol. The molecule has 0 aliphatic carbocycles. The topological polar surface area (TPSA) is 28.4 Å². The van der Waals surface area contributed by atoms with Crippen molar-refractivity contribution < 1.29 is 4.42 Å². The first kappa shape index (κ1) is 14.8. The molecule has 0 amide bonds. The van der Waals surface area contributed by atoms with Crippen molar-refractivity contribution in [1.82, 2.24) is 10.2 Å². The summed E-state index contributed by atoms with van der Waals surface area (Å²) in [6, 6.07) is 4.98. The zero-order valence-corrected chi connectivity index (χ0v) is 13.9. The molecule has 2 aromatic rings. The number of fused-ring (bicyclic) bond motifs is 1. The first-order valence-electron chi connectivity index (χ1n) is 7.78. The highest BCUT2D eigenvalue weighted by molar-refractivity contribution is 7.10. The summed E-state index contributed by atoms with van der Waals surface area (Å²) in [5.74, 6) is 2.14. The normalized spacial score (nSPS) is 18.9. The van der Waals surface area contributed by atoms with Crippen molar-refractivity contribution in [3.63, 3.8) is 0 Å². The van der Waals surface area contributed by atoms with Gasteiger partial charge in [0.05, 0.1) is 6.54 Å². The van der Waals surface area contributed by atoms with E-state index in [1.165, 1.54) is 17.5 Å². The molecule has 1 unspecified atom stereocenters. The standard InChI is InChI=1S/C17H24N2OS/c1-4-18-10-14-9-15(20-13(14)3)11-19-7-5-17-16(12(19)2)6-8-21-17/h6,8-9,12,18H,4-5,7,10-11H2,1-3H3. The Kier molecular flexibility index (Phi) is 4.48. The minimum absolute atomic E-state index is 0.489. The van der Waals surface area contributed by atoms with E-state index in [4.69, 9.17) is 4.42 Å². The Morgan fingerprint density at radius 2 is 2.33 bits per heavy atom. The smallest absolute Gasteiger partial charge is 0.118 e. The van der Waals surface area contributed by atoms with E-state index in [1.807, 2.05) is 11.3 Å². The Balaban J connectivity index is 1.70. The zero-order valence-electron chi connectivity index (χ0n) is 13.1. The van der Waals surface area contributed by atoms with E-state index in [0.717, 1.165) is 37.7 Å². The van der Waals surface area contributed by atoms with Crippen molar-refractivity contribution >= 4 is 11.3 Å². The van der Waals surface area contributed by atoms with Gasteiger partial charge in [-0.05, 0) is 49.9 Å². The van der Waals surface area contributed by atoms with Crippen LogP contribution < -0.4 is 5.32 Å². The van der Waals surface area contributed by atoms with Crippen LogP contribution >= 0.6 is 11.3 Å². The predicted molar refractivity (Wildman–Crippen MR) is 87.7 cm³/mol. The number of hydrogen-bond acceptors (Lipinski definition) is 4.